The van der Waals surface area contributed by atoms with Gasteiger partial charge in [0.1, 0.15) is 5.82 Å². The third kappa shape index (κ3) is 6.01. The van der Waals surface area contributed by atoms with Gasteiger partial charge in [-0.1, -0.05) is 13.8 Å². The Balaban J connectivity index is 0.00000149. The second kappa shape index (κ2) is 11.1. The number of halogens is 1. The molecular formula is C23H29FN6O2S. The van der Waals surface area contributed by atoms with Gasteiger partial charge in [0.2, 0.25) is 11.9 Å². The zero-order valence-electron chi connectivity index (χ0n) is 19.3. The molecule has 3 aromatic heterocycles. The largest absolute Gasteiger partial charge is 0.351 e. The third-order valence-electron chi connectivity index (χ3n) is 5.33. The van der Waals surface area contributed by atoms with E-state index in [1.807, 2.05) is 32.2 Å². The number of pyridine rings is 1. The Hall–Kier alpha value is -3.14. The van der Waals surface area contributed by atoms with Crippen molar-refractivity contribution in [2.45, 2.75) is 40.2 Å². The number of nitrogens with zero attached hydrogens (tertiary/aromatic N) is 4. The number of rotatable bonds is 7. The number of thiophene rings is 1. The van der Waals surface area contributed by atoms with Crippen LogP contribution in [0.5, 0.6) is 0 Å². The summed E-state index contributed by atoms with van der Waals surface area (Å²) >= 11 is 1.41. The molecule has 0 aromatic carbocycles. The SMILES string of the molecule is CC.CC(=O)N1CC(CCNC(=O)c2nc(N[C@@H](C)c3cncc(F)c3)nc3ccsc23)C1. The van der Waals surface area contributed by atoms with Crippen molar-refractivity contribution < 1.29 is 14.0 Å². The first-order valence-corrected chi connectivity index (χ1v) is 11.9. The quantitative estimate of drug-likeness (QED) is 0.539. The lowest BCUT2D eigenvalue weighted by Gasteiger charge is -2.38. The molecule has 0 radical (unpaired) electrons. The van der Waals surface area contributed by atoms with E-state index >= 15 is 0 Å². The molecule has 8 nitrogen and oxygen atoms in total. The monoisotopic (exact) mass is 472 g/mol. The maximum absolute atomic E-state index is 13.5. The Morgan fingerprint density at radius 2 is 2.03 bits per heavy atom. The van der Waals surface area contributed by atoms with E-state index in [1.165, 1.54) is 17.4 Å². The third-order valence-corrected chi connectivity index (χ3v) is 6.24. The van der Waals surface area contributed by atoms with Gasteiger partial charge in [0.05, 0.1) is 22.5 Å². The Morgan fingerprint density at radius 1 is 1.27 bits per heavy atom. The first-order valence-electron chi connectivity index (χ1n) is 11.1. The number of anilines is 1. The number of amides is 2. The normalized spacial score (nSPS) is 14.2. The standard InChI is InChI=1S/C21H23FN6O2S.C2H6/c1-12(15-7-16(22)9-23-8-15)25-21-26-17-4-6-31-19(17)18(27-21)20(30)24-5-3-14-10-28(11-14)13(2)29;1-2/h4,6-9,12,14H,3,5,10-11H2,1-2H3,(H,24,30)(H,25,26,27);1-2H3/t12-;/m0./s1. The summed E-state index contributed by atoms with van der Waals surface area (Å²) in [4.78, 5) is 38.7. The van der Waals surface area contributed by atoms with Crippen LogP contribution in [0.15, 0.2) is 29.9 Å². The van der Waals surface area contributed by atoms with Crippen LogP contribution < -0.4 is 10.6 Å². The molecule has 0 saturated carbocycles. The number of carbonyl (C=O) groups is 2. The molecule has 0 bridgehead atoms. The first-order chi connectivity index (χ1) is 15.9. The fourth-order valence-electron chi connectivity index (χ4n) is 3.51. The van der Waals surface area contributed by atoms with Crippen molar-refractivity contribution in [1.29, 1.82) is 0 Å². The van der Waals surface area contributed by atoms with Gasteiger partial charge in [-0.3, -0.25) is 14.6 Å². The van der Waals surface area contributed by atoms with Crippen molar-refractivity contribution in [3.05, 3.63) is 47.0 Å². The van der Waals surface area contributed by atoms with Gasteiger partial charge >= 0.3 is 0 Å². The topological polar surface area (TPSA) is 100 Å². The Kier molecular flexibility index (Phi) is 8.26. The van der Waals surface area contributed by atoms with E-state index in [0.717, 1.165) is 30.4 Å². The number of hydrogen-bond donors (Lipinski definition) is 2. The van der Waals surface area contributed by atoms with Crippen LogP contribution in [0.3, 0.4) is 0 Å². The van der Waals surface area contributed by atoms with Gasteiger partial charge in [-0.05, 0) is 42.3 Å². The molecule has 1 aliphatic rings. The average molecular weight is 473 g/mol. The van der Waals surface area contributed by atoms with Gasteiger partial charge in [0.15, 0.2) is 5.69 Å². The summed E-state index contributed by atoms with van der Waals surface area (Å²) in [6.45, 7) is 9.42. The highest BCUT2D eigenvalue weighted by atomic mass is 32.1. The van der Waals surface area contributed by atoms with Crippen LogP contribution in [0.2, 0.25) is 0 Å². The molecule has 10 heteroatoms. The molecule has 33 heavy (non-hydrogen) atoms. The van der Waals surface area contributed by atoms with E-state index < -0.39 is 5.82 Å². The van der Waals surface area contributed by atoms with Crippen LogP contribution in [0.25, 0.3) is 10.2 Å². The van der Waals surface area contributed by atoms with E-state index in [0.29, 0.717) is 35.2 Å². The highest BCUT2D eigenvalue weighted by molar-refractivity contribution is 7.17. The zero-order chi connectivity index (χ0) is 24.0. The van der Waals surface area contributed by atoms with Crippen molar-refractivity contribution in [3.63, 3.8) is 0 Å². The molecule has 1 aliphatic heterocycles. The molecule has 0 spiro atoms. The summed E-state index contributed by atoms with van der Waals surface area (Å²) < 4.78 is 14.2. The molecule has 1 atom stereocenters. The summed E-state index contributed by atoms with van der Waals surface area (Å²) in [6, 6.07) is 2.94. The van der Waals surface area contributed by atoms with Crippen molar-refractivity contribution in [2.75, 3.05) is 25.0 Å². The molecular weight excluding hydrogens is 443 g/mol. The fourth-order valence-corrected chi connectivity index (χ4v) is 4.32. The zero-order valence-corrected chi connectivity index (χ0v) is 20.1. The summed E-state index contributed by atoms with van der Waals surface area (Å²) in [5.41, 5.74) is 1.64. The van der Waals surface area contributed by atoms with E-state index in [1.54, 1.807) is 18.0 Å². The fraction of sp³-hybridized carbons (Fsp3) is 0.435. The van der Waals surface area contributed by atoms with Crippen LogP contribution >= 0.6 is 11.3 Å². The van der Waals surface area contributed by atoms with Gasteiger partial charge in [-0.15, -0.1) is 11.3 Å². The van der Waals surface area contributed by atoms with E-state index in [2.05, 4.69) is 25.6 Å². The highest BCUT2D eigenvalue weighted by Crippen LogP contribution is 2.25. The maximum atomic E-state index is 13.5. The number of nitrogens with one attached hydrogen (secondary N) is 2. The van der Waals surface area contributed by atoms with E-state index in [9.17, 15) is 14.0 Å². The molecule has 3 aromatic rings. The highest BCUT2D eigenvalue weighted by Gasteiger charge is 2.28. The van der Waals surface area contributed by atoms with Crippen LogP contribution in [0.4, 0.5) is 10.3 Å². The van der Waals surface area contributed by atoms with Crippen LogP contribution in [0.1, 0.15) is 56.2 Å². The van der Waals surface area contributed by atoms with Crippen LogP contribution in [-0.2, 0) is 4.79 Å². The predicted molar refractivity (Wildman–Crippen MR) is 128 cm³/mol. The lowest BCUT2D eigenvalue weighted by Crippen LogP contribution is -2.49. The molecule has 1 saturated heterocycles. The van der Waals surface area contributed by atoms with Gasteiger partial charge in [0.25, 0.3) is 5.91 Å². The van der Waals surface area contributed by atoms with Crippen LogP contribution in [0, 0.1) is 11.7 Å². The molecule has 4 heterocycles. The Morgan fingerprint density at radius 3 is 2.73 bits per heavy atom. The summed E-state index contributed by atoms with van der Waals surface area (Å²) in [7, 11) is 0. The molecule has 176 valence electrons. The minimum Gasteiger partial charge on any atom is -0.351 e. The number of likely N-dealkylation sites (tertiary alicyclic amines) is 1. The lowest BCUT2D eigenvalue weighted by molar-refractivity contribution is -0.135. The molecule has 2 N–H and O–H groups in total. The summed E-state index contributed by atoms with van der Waals surface area (Å²) in [5.74, 6) is 0.113. The van der Waals surface area contributed by atoms with Gasteiger partial charge < -0.3 is 15.5 Å². The van der Waals surface area contributed by atoms with E-state index in [-0.39, 0.29) is 17.9 Å². The minimum absolute atomic E-state index is 0.0876. The van der Waals surface area contributed by atoms with Crippen molar-refractivity contribution in [2.24, 2.45) is 5.92 Å². The first kappa shape index (κ1) is 24.5. The van der Waals surface area contributed by atoms with Crippen LogP contribution in [-0.4, -0.2) is 51.3 Å². The lowest BCUT2D eigenvalue weighted by atomic mass is 9.96. The van der Waals surface area contributed by atoms with Gasteiger partial charge in [-0.2, -0.15) is 0 Å². The molecule has 4 rings (SSSR count). The van der Waals surface area contributed by atoms with Crippen molar-refractivity contribution in [3.8, 4) is 0 Å². The van der Waals surface area contributed by atoms with E-state index in [4.69, 9.17) is 0 Å². The van der Waals surface area contributed by atoms with Gasteiger partial charge in [0, 0.05) is 32.8 Å². The average Bonchev–Trinajstić information content (AvgIpc) is 3.24. The Labute approximate surface area is 196 Å². The minimum atomic E-state index is -0.418. The number of hydrogen-bond acceptors (Lipinski definition) is 7. The van der Waals surface area contributed by atoms with Crippen molar-refractivity contribution >= 4 is 39.3 Å². The van der Waals surface area contributed by atoms with Gasteiger partial charge in [-0.25, -0.2) is 14.4 Å². The molecule has 2 amide bonds. The number of fused-ring (bicyclic) bond motifs is 1. The molecule has 0 unspecified atom stereocenters. The maximum Gasteiger partial charge on any atom is 0.271 e. The number of aromatic nitrogens is 3. The summed E-state index contributed by atoms with van der Waals surface area (Å²) in [5, 5.41) is 7.92. The van der Waals surface area contributed by atoms with Crippen molar-refractivity contribution in [1.82, 2.24) is 25.2 Å². The summed E-state index contributed by atoms with van der Waals surface area (Å²) in [6.07, 6.45) is 3.53. The predicted octanol–water partition coefficient (Wildman–Crippen LogP) is 4.02. The second-order valence-corrected chi connectivity index (χ2v) is 8.58. The molecule has 1 fully saturated rings. The molecule has 0 aliphatic carbocycles. The smallest absolute Gasteiger partial charge is 0.271 e. The Bertz CT molecular complexity index is 1120. The number of carbonyl (C=O) groups excluding carboxylic acids is 2. The second-order valence-electron chi connectivity index (χ2n) is 7.67.